The van der Waals surface area contributed by atoms with Crippen molar-refractivity contribution < 1.29 is 27.8 Å². The van der Waals surface area contributed by atoms with Crippen LogP contribution in [0.3, 0.4) is 0 Å². The van der Waals surface area contributed by atoms with Gasteiger partial charge in [0.05, 0.1) is 0 Å². The SMILES string of the molecule is CCCCN(C(=O)COC(=O)c1ccccc1OC(F)F)c1c(N)n(CCC)c(=O)[nH]c1=O. The maximum Gasteiger partial charge on any atom is 0.387 e. The van der Waals surface area contributed by atoms with E-state index < -0.39 is 42.1 Å². The molecular formula is C21H26F2N4O6. The fraction of sp³-hybridized carbons (Fsp3) is 0.429. The molecule has 0 atom stereocenters. The number of nitrogens with zero attached hydrogens (tertiary/aromatic N) is 2. The largest absolute Gasteiger partial charge is 0.452 e. The van der Waals surface area contributed by atoms with Crippen molar-refractivity contribution in [2.45, 2.75) is 46.3 Å². The van der Waals surface area contributed by atoms with Crippen LogP contribution in [-0.2, 0) is 16.1 Å². The Morgan fingerprint density at radius 3 is 2.52 bits per heavy atom. The third kappa shape index (κ3) is 6.40. The topological polar surface area (TPSA) is 137 Å². The van der Waals surface area contributed by atoms with E-state index >= 15 is 0 Å². The van der Waals surface area contributed by atoms with Crippen LogP contribution in [0, 0.1) is 0 Å². The van der Waals surface area contributed by atoms with Gasteiger partial charge in [-0.3, -0.25) is 19.1 Å². The lowest BCUT2D eigenvalue weighted by molar-refractivity contribution is -0.121. The number of nitrogens with one attached hydrogen (secondary N) is 1. The number of H-pyrrole nitrogens is 1. The molecule has 1 amide bonds. The van der Waals surface area contributed by atoms with Crippen LogP contribution in [0.25, 0.3) is 0 Å². The number of hydrogen-bond donors (Lipinski definition) is 2. The normalized spacial score (nSPS) is 10.8. The van der Waals surface area contributed by atoms with Crippen molar-refractivity contribution in [3.63, 3.8) is 0 Å². The lowest BCUT2D eigenvalue weighted by Gasteiger charge is -2.24. The minimum absolute atomic E-state index is 0.0789. The molecule has 0 saturated carbocycles. The van der Waals surface area contributed by atoms with Crippen LogP contribution in [-0.4, -0.2) is 41.2 Å². The van der Waals surface area contributed by atoms with Crippen LogP contribution < -0.4 is 26.6 Å². The zero-order valence-corrected chi connectivity index (χ0v) is 18.3. The Morgan fingerprint density at radius 1 is 1.18 bits per heavy atom. The number of anilines is 2. The number of esters is 1. The minimum Gasteiger partial charge on any atom is -0.452 e. The molecule has 0 saturated heterocycles. The summed E-state index contributed by atoms with van der Waals surface area (Å²) < 4.78 is 35.6. The van der Waals surface area contributed by atoms with Gasteiger partial charge in [-0.25, -0.2) is 9.59 Å². The number of aromatic amines is 1. The van der Waals surface area contributed by atoms with Crippen LogP contribution >= 0.6 is 0 Å². The maximum atomic E-state index is 12.9. The highest BCUT2D eigenvalue weighted by molar-refractivity contribution is 5.99. The van der Waals surface area contributed by atoms with Gasteiger partial charge in [0, 0.05) is 13.1 Å². The third-order valence-electron chi connectivity index (χ3n) is 4.62. The number of alkyl halides is 2. The summed E-state index contributed by atoms with van der Waals surface area (Å²) in [5.41, 5.74) is 3.98. The molecule has 0 spiro atoms. The standard InChI is InChI=1S/C21H26F2N4O6/c1-3-5-11-26(16-17(24)27(10-4-2)21(31)25-18(16)29)15(28)12-32-19(30)13-8-6-7-9-14(13)33-20(22)23/h6-9,20H,3-5,10-12,24H2,1-2H3,(H,25,29,31). The molecule has 2 rings (SSSR count). The van der Waals surface area contributed by atoms with E-state index in [4.69, 9.17) is 10.5 Å². The summed E-state index contributed by atoms with van der Waals surface area (Å²) in [5.74, 6) is -2.42. The number of amides is 1. The minimum atomic E-state index is -3.15. The average Bonchev–Trinajstić information content (AvgIpc) is 2.76. The van der Waals surface area contributed by atoms with Gasteiger partial charge in [0.25, 0.3) is 11.5 Å². The molecule has 12 heteroatoms. The average molecular weight is 468 g/mol. The van der Waals surface area contributed by atoms with E-state index in [-0.39, 0.29) is 30.2 Å². The van der Waals surface area contributed by atoms with E-state index in [0.717, 1.165) is 15.5 Å². The van der Waals surface area contributed by atoms with E-state index in [1.165, 1.54) is 18.2 Å². The van der Waals surface area contributed by atoms with E-state index in [1.54, 1.807) is 0 Å². The molecular weight excluding hydrogens is 442 g/mol. The first-order valence-corrected chi connectivity index (χ1v) is 10.3. The fourth-order valence-corrected chi connectivity index (χ4v) is 3.08. The number of ether oxygens (including phenoxy) is 2. The molecule has 0 fully saturated rings. The molecule has 33 heavy (non-hydrogen) atoms. The first-order chi connectivity index (χ1) is 15.7. The predicted molar refractivity (Wildman–Crippen MR) is 117 cm³/mol. The van der Waals surface area contributed by atoms with E-state index in [0.29, 0.717) is 19.3 Å². The molecule has 2 aromatic rings. The zero-order valence-electron chi connectivity index (χ0n) is 18.3. The molecule has 0 aliphatic heterocycles. The van der Waals surface area contributed by atoms with Gasteiger partial charge in [0.2, 0.25) is 0 Å². The van der Waals surface area contributed by atoms with Crippen LogP contribution in [0.15, 0.2) is 33.9 Å². The molecule has 1 aromatic heterocycles. The lowest BCUT2D eigenvalue weighted by Crippen LogP contribution is -2.43. The summed E-state index contributed by atoms with van der Waals surface area (Å²) in [4.78, 5) is 53.1. The van der Waals surface area contributed by atoms with Crippen LogP contribution in [0.4, 0.5) is 20.3 Å². The number of benzene rings is 1. The van der Waals surface area contributed by atoms with E-state index in [9.17, 15) is 28.0 Å². The highest BCUT2D eigenvalue weighted by atomic mass is 19.3. The molecule has 0 unspecified atom stereocenters. The predicted octanol–water partition coefficient (Wildman–Crippen LogP) is 2.12. The Hall–Kier alpha value is -3.70. The number of carbonyl (C=O) groups excluding carboxylic acids is 2. The molecule has 3 N–H and O–H groups in total. The van der Waals surface area contributed by atoms with Crippen molar-refractivity contribution in [1.82, 2.24) is 9.55 Å². The lowest BCUT2D eigenvalue weighted by atomic mass is 10.2. The second kappa shape index (κ2) is 11.8. The smallest absolute Gasteiger partial charge is 0.387 e. The van der Waals surface area contributed by atoms with Crippen molar-refractivity contribution in [2.24, 2.45) is 0 Å². The van der Waals surface area contributed by atoms with Crippen molar-refractivity contribution in [1.29, 1.82) is 0 Å². The summed E-state index contributed by atoms with van der Waals surface area (Å²) in [6.45, 7) is 0.0335. The van der Waals surface area contributed by atoms with Crippen molar-refractivity contribution in [3.8, 4) is 5.75 Å². The quantitative estimate of drug-likeness (QED) is 0.482. The summed E-state index contributed by atoms with van der Waals surface area (Å²) >= 11 is 0. The molecule has 10 nitrogen and oxygen atoms in total. The van der Waals surface area contributed by atoms with Gasteiger partial charge in [0.1, 0.15) is 17.1 Å². The zero-order chi connectivity index (χ0) is 24.5. The Kier molecular flexibility index (Phi) is 9.13. The number of hydrogen-bond acceptors (Lipinski definition) is 7. The summed E-state index contributed by atoms with van der Waals surface area (Å²) in [5, 5.41) is 0. The number of aromatic nitrogens is 2. The molecule has 0 radical (unpaired) electrons. The fourth-order valence-electron chi connectivity index (χ4n) is 3.08. The molecule has 0 aliphatic rings. The van der Waals surface area contributed by atoms with Gasteiger partial charge < -0.3 is 20.1 Å². The maximum absolute atomic E-state index is 12.9. The molecule has 180 valence electrons. The van der Waals surface area contributed by atoms with Gasteiger partial charge in [0.15, 0.2) is 12.3 Å². The molecule has 1 heterocycles. The van der Waals surface area contributed by atoms with Crippen molar-refractivity contribution in [3.05, 3.63) is 50.7 Å². The Labute approximate surface area is 187 Å². The summed E-state index contributed by atoms with van der Waals surface area (Å²) in [6.07, 6.45) is 1.72. The second-order valence-electron chi connectivity index (χ2n) is 6.99. The van der Waals surface area contributed by atoms with Crippen LogP contribution in [0.5, 0.6) is 5.75 Å². The first-order valence-electron chi connectivity index (χ1n) is 10.3. The van der Waals surface area contributed by atoms with E-state index in [1.807, 2.05) is 13.8 Å². The number of carbonyl (C=O) groups is 2. The Balaban J connectivity index is 2.30. The van der Waals surface area contributed by atoms with Gasteiger partial charge >= 0.3 is 18.3 Å². The second-order valence-corrected chi connectivity index (χ2v) is 6.99. The Morgan fingerprint density at radius 2 is 1.88 bits per heavy atom. The van der Waals surface area contributed by atoms with Crippen LogP contribution in [0.2, 0.25) is 0 Å². The number of rotatable bonds is 11. The number of unbranched alkanes of at least 4 members (excludes halogenated alkanes) is 1. The van der Waals surface area contributed by atoms with Crippen molar-refractivity contribution in [2.75, 3.05) is 23.8 Å². The monoisotopic (exact) mass is 468 g/mol. The van der Waals surface area contributed by atoms with Gasteiger partial charge in [-0.05, 0) is 25.0 Å². The first kappa shape index (κ1) is 25.6. The highest BCUT2D eigenvalue weighted by Crippen LogP contribution is 2.22. The highest BCUT2D eigenvalue weighted by Gasteiger charge is 2.25. The van der Waals surface area contributed by atoms with Crippen LogP contribution in [0.1, 0.15) is 43.5 Å². The number of halogens is 2. The van der Waals surface area contributed by atoms with Gasteiger partial charge in [-0.2, -0.15) is 8.78 Å². The third-order valence-corrected chi connectivity index (χ3v) is 4.62. The van der Waals surface area contributed by atoms with Crippen molar-refractivity contribution >= 4 is 23.4 Å². The molecule has 0 bridgehead atoms. The summed E-state index contributed by atoms with van der Waals surface area (Å²) in [6, 6.07) is 5.19. The molecule has 0 aliphatic carbocycles. The Bertz CT molecular complexity index is 1100. The number of nitrogen functional groups attached to an aromatic ring is 1. The van der Waals surface area contributed by atoms with Gasteiger partial charge in [-0.15, -0.1) is 0 Å². The van der Waals surface area contributed by atoms with E-state index in [2.05, 4.69) is 9.72 Å². The van der Waals surface area contributed by atoms with Gasteiger partial charge in [-0.1, -0.05) is 32.4 Å². The number of para-hydroxylation sites is 1. The number of nitrogens with two attached hydrogens (primary N) is 1. The molecule has 1 aromatic carbocycles. The summed E-state index contributed by atoms with van der Waals surface area (Å²) in [7, 11) is 0.